The molecule has 3 nitrogen and oxygen atoms in total. The molecule has 0 aliphatic heterocycles. The van der Waals surface area contributed by atoms with Crippen LogP contribution in [0.1, 0.15) is 31.4 Å². The normalized spacial score (nSPS) is 11.5. The van der Waals surface area contributed by atoms with Crippen LogP contribution in [0.3, 0.4) is 0 Å². The first-order valence-corrected chi connectivity index (χ1v) is 6.47. The predicted molar refractivity (Wildman–Crippen MR) is 71.1 cm³/mol. The van der Waals surface area contributed by atoms with Crippen molar-refractivity contribution in [1.29, 1.82) is 0 Å². The Labute approximate surface area is 116 Å². The lowest BCUT2D eigenvalue weighted by atomic mass is 10.1. The quantitative estimate of drug-likeness (QED) is 0.854. The van der Waals surface area contributed by atoms with Gasteiger partial charge in [-0.1, -0.05) is 26.0 Å². The molecule has 0 spiro atoms. The van der Waals surface area contributed by atoms with Crippen molar-refractivity contribution in [2.75, 3.05) is 6.54 Å². The molecule has 20 heavy (non-hydrogen) atoms. The van der Waals surface area contributed by atoms with E-state index in [2.05, 4.69) is 10.6 Å². The van der Waals surface area contributed by atoms with E-state index >= 15 is 0 Å². The highest BCUT2D eigenvalue weighted by atomic mass is 19.4. The van der Waals surface area contributed by atoms with Crippen molar-refractivity contribution >= 4 is 6.03 Å². The van der Waals surface area contributed by atoms with Gasteiger partial charge in [-0.25, -0.2) is 4.79 Å². The van der Waals surface area contributed by atoms with Crippen molar-refractivity contribution < 1.29 is 18.0 Å². The Morgan fingerprint density at radius 3 is 2.55 bits per heavy atom. The molecule has 6 heteroatoms. The summed E-state index contributed by atoms with van der Waals surface area (Å²) in [4.78, 5) is 11.4. The van der Waals surface area contributed by atoms with Gasteiger partial charge in [0.25, 0.3) is 0 Å². The number of nitrogens with one attached hydrogen (secondary N) is 2. The molecule has 2 amide bonds. The number of halogens is 3. The third kappa shape index (κ3) is 5.95. The fourth-order valence-corrected chi connectivity index (χ4v) is 1.58. The Hall–Kier alpha value is -1.72. The number of hydrogen-bond acceptors (Lipinski definition) is 1. The monoisotopic (exact) mass is 288 g/mol. The minimum absolute atomic E-state index is 0.0669. The van der Waals surface area contributed by atoms with E-state index in [1.165, 1.54) is 6.07 Å². The van der Waals surface area contributed by atoms with Gasteiger partial charge in [0.05, 0.1) is 5.56 Å². The highest BCUT2D eigenvalue weighted by Crippen LogP contribution is 2.29. The van der Waals surface area contributed by atoms with Crippen LogP contribution in [0, 0.1) is 5.92 Å². The van der Waals surface area contributed by atoms with Crippen molar-refractivity contribution in [2.24, 2.45) is 5.92 Å². The maximum absolute atomic E-state index is 12.5. The van der Waals surface area contributed by atoms with Crippen LogP contribution < -0.4 is 10.6 Å². The summed E-state index contributed by atoms with van der Waals surface area (Å²) in [5.41, 5.74) is -0.296. The molecule has 2 N–H and O–H groups in total. The average molecular weight is 288 g/mol. The Bertz CT molecular complexity index is 444. The van der Waals surface area contributed by atoms with Gasteiger partial charge in [0, 0.05) is 13.1 Å². The van der Waals surface area contributed by atoms with E-state index in [1.54, 1.807) is 6.07 Å². The van der Waals surface area contributed by atoms with Gasteiger partial charge in [-0.15, -0.1) is 0 Å². The second-order valence-electron chi connectivity index (χ2n) is 4.99. The zero-order chi connectivity index (χ0) is 15.2. The molecule has 0 aliphatic rings. The van der Waals surface area contributed by atoms with Crippen LogP contribution in [-0.4, -0.2) is 12.6 Å². The molecule has 0 saturated heterocycles. The van der Waals surface area contributed by atoms with Gasteiger partial charge in [0.15, 0.2) is 0 Å². The minimum Gasteiger partial charge on any atom is -0.338 e. The number of amides is 2. The summed E-state index contributed by atoms with van der Waals surface area (Å²) < 4.78 is 37.5. The molecule has 0 aromatic heterocycles. The number of urea groups is 1. The van der Waals surface area contributed by atoms with Crippen molar-refractivity contribution in [3.8, 4) is 0 Å². The second-order valence-corrected chi connectivity index (χ2v) is 4.99. The molecule has 1 aromatic rings. The highest BCUT2D eigenvalue weighted by Gasteiger charge is 2.30. The van der Waals surface area contributed by atoms with Crippen molar-refractivity contribution in [1.82, 2.24) is 10.6 Å². The molecule has 0 bridgehead atoms. The lowest BCUT2D eigenvalue weighted by Crippen LogP contribution is -2.35. The molecular formula is C14H19F3N2O. The third-order valence-electron chi connectivity index (χ3n) is 2.71. The van der Waals surface area contributed by atoms with Gasteiger partial charge in [-0.05, 0) is 30.0 Å². The molecule has 112 valence electrons. The SMILES string of the molecule is CC(C)CCNC(=O)NCc1cccc(C(F)(F)F)c1. The van der Waals surface area contributed by atoms with Crippen LogP contribution in [0.25, 0.3) is 0 Å². The first-order valence-electron chi connectivity index (χ1n) is 6.47. The summed E-state index contributed by atoms with van der Waals surface area (Å²) in [7, 11) is 0. The van der Waals surface area contributed by atoms with Crippen LogP contribution in [0.4, 0.5) is 18.0 Å². The van der Waals surface area contributed by atoms with Gasteiger partial charge < -0.3 is 10.6 Å². The Morgan fingerprint density at radius 2 is 1.95 bits per heavy atom. The number of alkyl halides is 3. The van der Waals surface area contributed by atoms with Crippen LogP contribution in [0.15, 0.2) is 24.3 Å². The summed E-state index contributed by atoms with van der Waals surface area (Å²) in [5, 5.41) is 5.19. The van der Waals surface area contributed by atoms with Crippen molar-refractivity contribution in [2.45, 2.75) is 33.0 Å². The molecule has 0 radical (unpaired) electrons. The molecule has 0 aliphatic carbocycles. The molecule has 0 heterocycles. The van der Waals surface area contributed by atoms with Gasteiger partial charge in [0.1, 0.15) is 0 Å². The van der Waals surface area contributed by atoms with E-state index in [1.807, 2.05) is 13.8 Å². The molecular weight excluding hydrogens is 269 g/mol. The van der Waals surface area contributed by atoms with E-state index in [0.29, 0.717) is 18.0 Å². The van der Waals surface area contributed by atoms with Crippen molar-refractivity contribution in [3.63, 3.8) is 0 Å². The van der Waals surface area contributed by atoms with E-state index in [9.17, 15) is 18.0 Å². The number of carbonyl (C=O) groups is 1. The predicted octanol–water partition coefficient (Wildman–Crippen LogP) is 3.55. The third-order valence-corrected chi connectivity index (χ3v) is 2.71. The van der Waals surface area contributed by atoms with E-state index in [-0.39, 0.29) is 12.6 Å². The number of carbonyl (C=O) groups excluding carboxylic acids is 1. The molecule has 0 unspecified atom stereocenters. The van der Waals surface area contributed by atoms with Crippen LogP contribution in [0.5, 0.6) is 0 Å². The first kappa shape index (κ1) is 16.3. The van der Waals surface area contributed by atoms with Crippen molar-refractivity contribution in [3.05, 3.63) is 35.4 Å². The van der Waals surface area contributed by atoms with Gasteiger partial charge in [-0.2, -0.15) is 13.2 Å². The second kappa shape index (κ2) is 7.17. The number of benzene rings is 1. The summed E-state index contributed by atoms with van der Waals surface area (Å²) in [6.45, 7) is 4.70. The maximum atomic E-state index is 12.5. The summed E-state index contributed by atoms with van der Waals surface area (Å²) >= 11 is 0. The zero-order valence-corrected chi connectivity index (χ0v) is 11.6. The molecule has 0 saturated carbocycles. The van der Waals surface area contributed by atoms with E-state index in [4.69, 9.17) is 0 Å². The molecule has 1 aromatic carbocycles. The lowest BCUT2D eigenvalue weighted by molar-refractivity contribution is -0.137. The standard InChI is InChI=1S/C14H19F3N2O/c1-10(2)6-7-18-13(20)19-9-11-4-3-5-12(8-11)14(15,16)17/h3-5,8,10H,6-7,9H2,1-2H3,(H2,18,19,20). The fraction of sp³-hybridized carbons (Fsp3) is 0.500. The summed E-state index contributed by atoms with van der Waals surface area (Å²) in [6, 6.07) is 4.55. The molecule has 1 rings (SSSR count). The molecule has 0 fully saturated rings. The highest BCUT2D eigenvalue weighted by molar-refractivity contribution is 5.73. The topological polar surface area (TPSA) is 41.1 Å². The summed E-state index contributed by atoms with van der Waals surface area (Å²) in [5.74, 6) is 0.485. The lowest BCUT2D eigenvalue weighted by Gasteiger charge is -2.11. The smallest absolute Gasteiger partial charge is 0.338 e. The van der Waals surface area contributed by atoms with Crippen LogP contribution in [0.2, 0.25) is 0 Å². The van der Waals surface area contributed by atoms with Crippen LogP contribution in [-0.2, 0) is 12.7 Å². The first-order chi connectivity index (χ1) is 9.29. The Balaban J connectivity index is 2.44. The maximum Gasteiger partial charge on any atom is 0.416 e. The number of hydrogen-bond donors (Lipinski definition) is 2. The largest absolute Gasteiger partial charge is 0.416 e. The van der Waals surface area contributed by atoms with Gasteiger partial charge in [-0.3, -0.25) is 0 Å². The van der Waals surface area contributed by atoms with E-state index in [0.717, 1.165) is 18.6 Å². The van der Waals surface area contributed by atoms with Crippen LogP contribution >= 0.6 is 0 Å². The average Bonchev–Trinajstić information content (AvgIpc) is 2.35. The van der Waals surface area contributed by atoms with Gasteiger partial charge >= 0.3 is 12.2 Å². The summed E-state index contributed by atoms with van der Waals surface area (Å²) in [6.07, 6.45) is -3.51. The van der Waals surface area contributed by atoms with Gasteiger partial charge in [0.2, 0.25) is 0 Å². The molecule has 0 atom stereocenters. The Kier molecular flexibility index (Phi) is 5.85. The Morgan fingerprint density at radius 1 is 1.25 bits per heavy atom. The fourth-order valence-electron chi connectivity index (χ4n) is 1.58. The zero-order valence-electron chi connectivity index (χ0n) is 11.6. The van der Waals surface area contributed by atoms with E-state index < -0.39 is 11.7 Å². The minimum atomic E-state index is -4.37. The number of rotatable bonds is 5.